The molecule has 54 heavy (non-hydrogen) atoms. The Labute approximate surface area is 330 Å². The Kier molecular flexibility index (Phi) is 16.1. The molecule has 2 aliphatic carbocycles. The van der Waals surface area contributed by atoms with Crippen molar-refractivity contribution in [2.75, 3.05) is 37.8 Å². The first kappa shape index (κ1) is 39.8. The van der Waals surface area contributed by atoms with Crippen molar-refractivity contribution in [3.05, 3.63) is 119 Å². The second-order valence-electron chi connectivity index (χ2n) is 14.4. The van der Waals surface area contributed by atoms with E-state index in [-0.39, 0.29) is 24.0 Å². The highest BCUT2D eigenvalue weighted by molar-refractivity contribution is 8.76. The van der Waals surface area contributed by atoms with Crippen LogP contribution < -0.4 is 10.6 Å². The molecule has 0 aliphatic heterocycles. The van der Waals surface area contributed by atoms with Gasteiger partial charge in [-0.2, -0.15) is 0 Å². The molecule has 0 radical (unpaired) electrons. The molecule has 6 nitrogen and oxygen atoms in total. The van der Waals surface area contributed by atoms with Crippen LogP contribution in [0.5, 0.6) is 0 Å². The van der Waals surface area contributed by atoms with E-state index in [0.717, 1.165) is 25.7 Å². The monoisotopic (exact) mass is 764 g/mol. The lowest BCUT2D eigenvalue weighted by atomic mass is 9.98. The van der Waals surface area contributed by atoms with Crippen molar-refractivity contribution < 1.29 is 19.1 Å². The maximum absolute atomic E-state index is 12.4. The molecule has 0 spiro atoms. The van der Waals surface area contributed by atoms with Crippen LogP contribution in [0.2, 0.25) is 0 Å². The van der Waals surface area contributed by atoms with Crippen LogP contribution in [0.4, 0.5) is 9.59 Å². The first-order valence-electron chi connectivity index (χ1n) is 20.1. The van der Waals surface area contributed by atoms with Crippen LogP contribution >= 0.6 is 21.6 Å². The molecular weight excluding hydrogens is 709 g/mol. The van der Waals surface area contributed by atoms with Gasteiger partial charge in [0.05, 0.1) is 0 Å². The lowest BCUT2D eigenvalue weighted by Gasteiger charge is -2.14. The molecule has 2 aliphatic rings. The summed E-state index contributed by atoms with van der Waals surface area (Å²) in [7, 11) is 4.04. The van der Waals surface area contributed by atoms with E-state index in [2.05, 4.69) is 108 Å². The summed E-state index contributed by atoms with van der Waals surface area (Å²) in [5.41, 5.74) is 9.94. The predicted molar refractivity (Wildman–Crippen MR) is 226 cm³/mol. The van der Waals surface area contributed by atoms with Gasteiger partial charge in [0.25, 0.3) is 0 Å². The standard InChI is InChI=1S/C46H56N2O4S2/c49-45(51-33-43-39-25-13-9-21-35(39)36-22-10-14-26-40(36)43)47-29-17-5-1-3-7-19-31-53-54-32-20-8-4-2-6-18-30-48-46(50)52-34-44-41-27-15-11-23-37(41)38-24-12-16-28-42(38)44/h9-16,21-28,43-44H,1-8,17-20,29-34H2,(H,47,49)(H,48,50). The lowest BCUT2D eigenvalue weighted by Crippen LogP contribution is -2.27. The summed E-state index contributed by atoms with van der Waals surface area (Å²) in [5, 5.41) is 5.89. The SMILES string of the molecule is O=C(NCCCCCCCCSSCCCCCCCCNC(=O)OCC1c2ccccc2-c2ccccc21)OCC1c2ccccc2-c2ccccc21. The van der Waals surface area contributed by atoms with Gasteiger partial charge in [0.1, 0.15) is 13.2 Å². The molecular formula is C46H56N2O4S2. The molecule has 0 unspecified atom stereocenters. The fraction of sp³-hybridized carbons (Fsp3) is 0.435. The molecule has 2 N–H and O–H groups in total. The van der Waals surface area contributed by atoms with E-state index in [1.165, 1.54) is 107 Å². The number of unbranched alkanes of at least 4 members (excludes halogenated alkanes) is 10. The number of carbonyl (C=O) groups excluding carboxylic acids is 2. The second kappa shape index (κ2) is 21.9. The van der Waals surface area contributed by atoms with E-state index in [1.807, 2.05) is 21.6 Å². The number of hydrogen-bond acceptors (Lipinski definition) is 6. The number of ether oxygens (including phenoxy) is 2. The van der Waals surface area contributed by atoms with Gasteiger partial charge in [-0.1, -0.05) is 170 Å². The number of hydrogen-bond donors (Lipinski definition) is 2. The van der Waals surface area contributed by atoms with E-state index < -0.39 is 0 Å². The minimum absolute atomic E-state index is 0.100. The summed E-state index contributed by atoms with van der Waals surface area (Å²) in [6, 6.07) is 33.7. The van der Waals surface area contributed by atoms with Gasteiger partial charge in [0.2, 0.25) is 0 Å². The van der Waals surface area contributed by atoms with Gasteiger partial charge in [-0.15, -0.1) is 0 Å². The summed E-state index contributed by atoms with van der Waals surface area (Å²) in [6.07, 6.45) is 13.7. The first-order valence-corrected chi connectivity index (χ1v) is 22.6. The molecule has 0 atom stereocenters. The summed E-state index contributed by atoms with van der Waals surface area (Å²) in [4.78, 5) is 24.7. The van der Waals surface area contributed by atoms with Gasteiger partial charge in [0.15, 0.2) is 0 Å². The molecule has 0 heterocycles. The smallest absolute Gasteiger partial charge is 0.407 e. The van der Waals surface area contributed by atoms with Crippen molar-refractivity contribution in [3.63, 3.8) is 0 Å². The number of rotatable bonds is 23. The zero-order valence-corrected chi connectivity index (χ0v) is 33.2. The minimum atomic E-state index is -0.316. The van der Waals surface area contributed by atoms with Crippen LogP contribution in [0.1, 0.15) is 111 Å². The molecule has 0 aromatic heterocycles. The Balaban J connectivity index is 0.673. The van der Waals surface area contributed by atoms with Crippen molar-refractivity contribution in [1.82, 2.24) is 10.6 Å². The molecule has 286 valence electrons. The van der Waals surface area contributed by atoms with Gasteiger partial charge in [-0.25, -0.2) is 9.59 Å². The van der Waals surface area contributed by atoms with Crippen LogP contribution in [-0.2, 0) is 9.47 Å². The highest BCUT2D eigenvalue weighted by atomic mass is 33.1. The first-order chi connectivity index (χ1) is 26.7. The van der Waals surface area contributed by atoms with Gasteiger partial charge in [0, 0.05) is 36.4 Å². The number of nitrogens with one attached hydrogen (secondary N) is 2. The van der Waals surface area contributed by atoms with Gasteiger partial charge in [-0.05, 0) is 70.2 Å². The topological polar surface area (TPSA) is 76.7 Å². The van der Waals surface area contributed by atoms with E-state index in [4.69, 9.17) is 9.47 Å². The van der Waals surface area contributed by atoms with E-state index in [0.29, 0.717) is 26.3 Å². The highest BCUT2D eigenvalue weighted by Crippen LogP contribution is 2.45. The Morgan fingerprint density at radius 2 is 0.722 bits per heavy atom. The summed E-state index contributed by atoms with van der Waals surface area (Å²) in [6.45, 7) is 2.07. The van der Waals surface area contributed by atoms with Gasteiger partial charge < -0.3 is 20.1 Å². The molecule has 0 fully saturated rings. The van der Waals surface area contributed by atoms with Gasteiger partial charge in [-0.3, -0.25) is 0 Å². The molecule has 8 heteroatoms. The Hall–Kier alpha value is -3.88. The predicted octanol–water partition coefficient (Wildman–Crippen LogP) is 12.1. The Morgan fingerprint density at radius 3 is 1.07 bits per heavy atom. The molecule has 0 bridgehead atoms. The second-order valence-corrected chi connectivity index (χ2v) is 17.1. The zero-order valence-electron chi connectivity index (χ0n) is 31.6. The molecule has 0 saturated carbocycles. The third-order valence-electron chi connectivity index (χ3n) is 10.6. The van der Waals surface area contributed by atoms with Crippen LogP contribution in [-0.4, -0.2) is 50.0 Å². The number of carbonyl (C=O) groups is 2. The van der Waals surface area contributed by atoms with E-state index in [1.54, 1.807) is 0 Å². The molecule has 6 rings (SSSR count). The third-order valence-corrected chi connectivity index (χ3v) is 13.2. The summed E-state index contributed by atoms with van der Waals surface area (Å²) < 4.78 is 11.3. The Bertz CT molecular complexity index is 1560. The maximum Gasteiger partial charge on any atom is 0.407 e. The maximum atomic E-state index is 12.4. The van der Waals surface area contributed by atoms with Crippen LogP contribution in [0.3, 0.4) is 0 Å². The average Bonchev–Trinajstić information content (AvgIpc) is 3.70. The average molecular weight is 765 g/mol. The largest absolute Gasteiger partial charge is 0.449 e. The fourth-order valence-corrected chi connectivity index (χ4v) is 10.1. The molecule has 0 saturated heterocycles. The van der Waals surface area contributed by atoms with Crippen LogP contribution in [0.25, 0.3) is 22.3 Å². The normalized spacial score (nSPS) is 12.8. The van der Waals surface area contributed by atoms with Crippen molar-refractivity contribution >= 4 is 33.8 Å². The number of amides is 2. The number of benzene rings is 4. The lowest BCUT2D eigenvalue weighted by molar-refractivity contribution is 0.142. The van der Waals surface area contributed by atoms with Crippen molar-refractivity contribution in [3.8, 4) is 22.3 Å². The number of alkyl carbamates (subject to hydrolysis) is 2. The Morgan fingerprint density at radius 1 is 0.426 bits per heavy atom. The molecule has 4 aromatic rings. The van der Waals surface area contributed by atoms with E-state index in [9.17, 15) is 9.59 Å². The van der Waals surface area contributed by atoms with E-state index >= 15 is 0 Å². The van der Waals surface area contributed by atoms with Crippen LogP contribution in [0.15, 0.2) is 97.1 Å². The minimum Gasteiger partial charge on any atom is -0.449 e. The summed E-state index contributed by atoms with van der Waals surface area (Å²) >= 11 is 0. The quantitative estimate of drug-likeness (QED) is 0.0578. The van der Waals surface area contributed by atoms with Crippen molar-refractivity contribution in [2.45, 2.75) is 88.9 Å². The zero-order chi connectivity index (χ0) is 37.2. The molecule has 2 amide bonds. The fourth-order valence-electron chi connectivity index (χ4n) is 7.78. The van der Waals surface area contributed by atoms with Gasteiger partial charge >= 0.3 is 12.2 Å². The number of fused-ring (bicyclic) bond motifs is 6. The molecule has 4 aromatic carbocycles. The third kappa shape index (κ3) is 11.3. The summed E-state index contributed by atoms with van der Waals surface area (Å²) in [5.74, 6) is 2.65. The van der Waals surface area contributed by atoms with Crippen LogP contribution in [0, 0.1) is 0 Å². The van der Waals surface area contributed by atoms with Crippen molar-refractivity contribution in [2.24, 2.45) is 0 Å². The van der Waals surface area contributed by atoms with Crippen molar-refractivity contribution in [1.29, 1.82) is 0 Å². The highest BCUT2D eigenvalue weighted by Gasteiger charge is 2.30.